The van der Waals surface area contributed by atoms with Crippen LogP contribution in [0.4, 0.5) is 0 Å². The second kappa shape index (κ2) is 13.9. The van der Waals surface area contributed by atoms with E-state index < -0.39 is 0 Å². The molecule has 0 aliphatic heterocycles. The predicted molar refractivity (Wildman–Crippen MR) is 140 cm³/mol. The van der Waals surface area contributed by atoms with Gasteiger partial charge in [-0.3, -0.25) is 0 Å². The molecule has 0 saturated heterocycles. The molecule has 0 heterocycles. The van der Waals surface area contributed by atoms with Crippen molar-refractivity contribution in [1.82, 2.24) is 0 Å². The predicted octanol–water partition coefficient (Wildman–Crippen LogP) is 3.77. The van der Waals surface area contributed by atoms with E-state index >= 15 is 0 Å². The monoisotopic (exact) mass is 536 g/mol. The van der Waals surface area contributed by atoms with Gasteiger partial charge in [0, 0.05) is 0 Å². The number of hydrogen-bond acceptors (Lipinski definition) is 0. The number of aryl methyl sites for hydroxylation is 2. The van der Waals surface area contributed by atoms with Gasteiger partial charge in [-0.1, -0.05) is 64.5 Å². The number of benzene rings is 2. The third-order valence-corrected chi connectivity index (χ3v) is 4.54. The van der Waals surface area contributed by atoms with Crippen LogP contribution >= 0.6 is 24.8 Å². The van der Waals surface area contributed by atoms with Crippen LogP contribution in [-0.4, -0.2) is 6.88 Å². The van der Waals surface area contributed by atoms with Crippen LogP contribution in [0.2, 0.25) is 0 Å². The number of hydrogen-bond donors (Lipinski definition) is 0. The number of rotatable bonds is 0. The third kappa shape index (κ3) is 8.62. The van der Waals surface area contributed by atoms with Gasteiger partial charge in [0.05, 0.1) is 0 Å². The molecule has 0 atom stereocenters. The molecule has 2 aliphatic rings. The minimum atomic E-state index is 0. The molecule has 0 N–H and O–H groups in total. The molecular weight excluding hydrogens is 503 g/mol. The second-order valence-electron chi connectivity index (χ2n) is 8.06. The molecule has 0 spiro atoms. The fourth-order valence-electron chi connectivity index (χ4n) is 3.46. The van der Waals surface area contributed by atoms with E-state index in [0.29, 0.717) is 0 Å². The zero-order chi connectivity index (χ0) is 19.5. The minimum absolute atomic E-state index is 0. The van der Waals surface area contributed by atoms with Crippen LogP contribution in [0.3, 0.4) is 0 Å². The molecule has 166 valence electrons. The molecule has 0 amide bonds. The van der Waals surface area contributed by atoms with Crippen LogP contribution in [0.15, 0.2) is 36.4 Å². The summed E-state index contributed by atoms with van der Waals surface area (Å²) in [7, 11) is 0. The molecule has 4 rings (SSSR count). The molecule has 2 aliphatic carbocycles. The van der Waals surface area contributed by atoms with Crippen molar-refractivity contribution in [1.29, 1.82) is 0 Å². The fraction of sp³-hybridized carbons (Fsp3) is 0.308. The van der Waals surface area contributed by atoms with Crippen LogP contribution < -0.4 is 20.9 Å². The third-order valence-electron chi connectivity index (χ3n) is 4.54. The molecule has 0 aromatic heterocycles. The average molecular weight is 539 g/mol. The molecule has 0 unspecified atom stereocenters. The quantitative estimate of drug-likeness (QED) is 0.354. The Morgan fingerprint density at radius 3 is 1.23 bits per heavy atom. The van der Waals surface area contributed by atoms with Gasteiger partial charge in [-0.15, -0.1) is 71.7 Å². The topological polar surface area (TPSA) is 0 Å². The molecule has 0 radical (unpaired) electrons. The Bertz CT molecular complexity index is 968. The van der Waals surface area contributed by atoms with Crippen molar-refractivity contribution in [2.24, 2.45) is 10.8 Å². The Balaban J connectivity index is -0.000000400. The molecule has 0 bridgehead atoms. The van der Waals surface area contributed by atoms with Crippen molar-refractivity contribution >= 4 is 56.0 Å². The molecule has 0 saturated carbocycles. The summed E-state index contributed by atoms with van der Waals surface area (Å²) < 4.78 is 0. The Hall–Kier alpha value is -0.400. The zero-order valence-corrected chi connectivity index (χ0v) is 25.1. The number of fused-ring (bicyclic) bond motifs is 2. The van der Waals surface area contributed by atoms with E-state index in [1.54, 1.807) is 23.3 Å². The maximum absolute atomic E-state index is 3.49. The van der Waals surface area contributed by atoms with Gasteiger partial charge in [0.1, 0.15) is 0 Å². The average Bonchev–Trinajstić information content (AvgIpc) is 3.06. The SMILES string of the molecule is Cc1cccc2c1=[C-]C(C)(C)C=2.Cc1cccc2c1=[C-]C(C)(C)C=2.Cl.Cl.[CH3-].[CH3-].[SiH2]=[Zr]. The van der Waals surface area contributed by atoms with Gasteiger partial charge in [-0.05, 0) is 0 Å². The molecule has 30 heavy (non-hydrogen) atoms. The second-order valence-corrected chi connectivity index (χ2v) is 8.06. The first-order valence-corrected chi connectivity index (χ1v) is 14.9. The molecule has 2 aromatic rings. The molecular formula is C26H36Cl2SiZr-4. The first-order chi connectivity index (χ1) is 12.2. The molecule has 4 heteroatoms. The van der Waals surface area contributed by atoms with Crippen molar-refractivity contribution in [2.75, 3.05) is 0 Å². The van der Waals surface area contributed by atoms with E-state index in [-0.39, 0.29) is 50.5 Å². The van der Waals surface area contributed by atoms with Crippen molar-refractivity contribution in [3.63, 3.8) is 0 Å². The van der Waals surface area contributed by atoms with Crippen LogP contribution in [0.1, 0.15) is 38.8 Å². The number of halogens is 2. The Kier molecular flexibility index (Phi) is 15.8. The maximum atomic E-state index is 3.49. The molecule has 0 fully saturated rings. The van der Waals surface area contributed by atoms with Crippen LogP contribution in [-0.2, 0) is 23.3 Å². The van der Waals surface area contributed by atoms with Gasteiger partial charge in [-0.25, -0.2) is 0 Å². The summed E-state index contributed by atoms with van der Waals surface area (Å²) in [5, 5.41) is 5.25. The summed E-state index contributed by atoms with van der Waals surface area (Å²) in [6.07, 6.45) is 11.5. The Labute approximate surface area is 213 Å². The van der Waals surface area contributed by atoms with Crippen molar-refractivity contribution < 1.29 is 23.3 Å². The summed E-state index contributed by atoms with van der Waals surface area (Å²) >= 11 is 1.58. The van der Waals surface area contributed by atoms with Gasteiger partial charge in [-0.2, -0.15) is 33.7 Å². The molecule has 0 nitrogen and oxygen atoms in total. The van der Waals surface area contributed by atoms with E-state index in [1.807, 2.05) is 6.88 Å². The summed E-state index contributed by atoms with van der Waals surface area (Å²) in [6, 6.07) is 12.8. The van der Waals surface area contributed by atoms with Gasteiger partial charge in [0.15, 0.2) is 0 Å². The summed E-state index contributed by atoms with van der Waals surface area (Å²) in [4.78, 5) is 0. The summed E-state index contributed by atoms with van der Waals surface area (Å²) in [5.41, 5.74) is 2.90. The van der Waals surface area contributed by atoms with E-state index in [1.165, 1.54) is 32.0 Å². The first kappa shape index (κ1) is 34.2. The standard InChI is InChI=1S/2C12H13.2CH3.2ClH.H2Si.Zr/c2*1-9-5-4-6-10-7-12(2,3)8-11(9)10;;;;;;/h2*4-7H,1-3H3;2*1H3;2*1H;1H2;/q4*-1;;;;. The fourth-order valence-corrected chi connectivity index (χ4v) is 3.46. The van der Waals surface area contributed by atoms with Crippen molar-refractivity contribution in [2.45, 2.75) is 41.5 Å². The summed E-state index contributed by atoms with van der Waals surface area (Å²) in [5.74, 6) is 0. The van der Waals surface area contributed by atoms with Crippen LogP contribution in [0.5, 0.6) is 0 Å². The van der Waals surface area contributed by atoms with Crippen molar-refractivity contribution in [3.05, 3.63) is 83.3 Å². The molecule has 2 aromatic carbocycles. The van der Waals surface area contributed by atoms with Crippen LogP contribution in [0.25, 0.3) is 24.3 Å². The Morgan fingerprint density at radius 2 is 0.967 bits per heavy atom. The Morgan fingerprint density at radius 1 is 0.667 bits per heavy atom. The summed E-state index contributed by atoms with van der Waals surface area (Å²) in [6.45, 7) is 15.0. The van der Waals surface area contributed by atoms with E-state index in [0.717, 1.165) is 0 Å². The van der Waals surface area contributed by atoms with Crippen LogP contribution in [0, 0.1) is 39.5 Å². The van der Waals surface area contributed by atoms with E-state index in [9.17, 15) is 0 Å². The first-order valence-electron chi connectivity index (χ1n) is 9.00. The van der Waals surface area contributed by atoms with Gasteiger partial charge in [0.2, 0.25) is 0 Å². The van der Waals surface area contributed by atoms with Gasteiger partial charge < -0.3 is 14.9 Å². The van der Waals surface area contributed by atoms with E-state index in [2.05, 4.69) is 102 Å². The van der Waals surface area contributed by atoms with Gasteiger partial charge in [0.25, 0.3) is 0 Å². The zero-order valence-electron chi connectivity index (χ0n) is 19.6. The van der Waals surface area contributed by atoms with E-state index in [4.69, 9.17) is 0 Å². The van der Waals surface area contributed by atoms with Crippen molar-refractivity contribution in [3.8, 4) is 0 Å². The van der Waals surface area contributed by atoms with Gasteiger partial charge >= 0.3 is 30.2 Å². The normalized spacial score (nSPS) is 14.4.